The van der Waals surface area contributed by atoms with Crippen molar-refractivity contribution in [3.63, 3.8) is 0 Å². The summed E-state index contributed by atoms with van der Waals surface area (Å²) in [5.41, 5.74) is 2.78. The van der Waals surface area contributed by atoms with Crippen LogP contribution in [0.3, 0.4) is 0 Å². The molecule has 0 saturated heterocycles. The van der Waals surface area contributed by atoms with Gasteiger partial charge in [-0.2, -0.15) is 5.10 Å². The van der Waals surface area contributed by atoms with E-state index in [9.17, 15) is 0 Å². The Morgan fingerprint density at radius 3 is 2.21 bits per heavy atom. The standard InChI is InChI=1S/C16H31N3/c1-5-8-11-14-15(12-9-6-2)18-19(4)16(14)17-13-10-7-3/h17H,5-13H2,1-4H3. The SMILES string of the molecule is CCCCNc1c(CCCC)c(CCCC)nn1C. The van der Waals surface area contributed by atoms with E-state index >= 15 is 0 Å². The van der Waals surface area contributed by atoms with E-state index in [0.29, 0.717) is 0 Å². The molecule has 0 aromatic carbocycles. The number of rotatable bonds is 10. The maximum atomic E-state index is 4.73. The highest BCUT2D eigenvalue weighted by Gasteiger charge is 2.14. The summed E-state index contributed by atoms with van der Waals surface area (Å²) >= 11 is 0. The Labute approximate surface area is 118 Å². The molecular formula is C16H31N3. The normalized spacial score (nSPS) is 10.9. The number of hydrogen-bond donors (Lipinski definition) is 1. The smallest absolute Gasteiger partial charge is 0.127 e. The van der Waals surface area contributed by atoms with E-state index in [1.165, 1.54) is 55.6 Å². The average molecular weight is 265 g/mol. The predicted molar refractivity (Wildman–Crippen MR) is 83.8 cm³/mol. The number of aryl methyl sites for hydroxylation is 2. The molecular weight excluding hydrogens is 234 g/mol. The van der Waals surface area contributed by atoms with Crippen molar-refractivity contribution >= 4 is 5.82 Å². The Kier molecular flexibility index (Phi) is 7.61. The van der Waals surface area contributed by atoms with E-state index in [1.807, 2.05) is 4.68 Å². The molecule has 0 aliphatic heterocycles. The van der Waals surface area contributed by atoms with Crippen LogP contribution in [0.15, 0.2) is 0 Å². The van der Waals surface area contributed by atoms with Crippen molar-refractivity contribution in [1.82, 2.24) is 9.78 Å². The fourth-order valence-corrected chi connectivity index (χ4v) is 2.39. The second-order valence-corrected chi connectivity index (χ2v) is 5.38. The van der Waals surface area contributed by atoms with Crippen molar-refractivity contribution in [2.45, 2.75) is 72.1 Å². The van der Waals surface area contributed by atoms with Crippen molar-refractivity contribution in [2.75, 3.05) is 11.9 Å². The highest BCUT2D eigenvalue weighted by Crippen LogP contribution is 2.23. The first-order valence-corrected chi connectivity index (χ1v) is 8.03. The summed E-state index contributed by atoms with van der Waals surface area (Å²) in [7, 11) is 2.07. The molecule has 1 rings (SSSR count). The molecule has 0 bridgehead atoms. The minimum atomic E-state index is 1.06. The highest BCUT2D eigenvalue weighted by molar-refractivity contribution is 5.48. The molecule has 0 aliphatic rings. The molecule has 0 aliphatic carbocycles. The zero-order chi connectivity index (χ0) is 14.1. The summed E-state index contributed by atoms with van der Waals surface area (Å²) in [6.07, 6.45) is 9.73. The fraction of sp³-hybridized carbons (Fsp3) is 0.812. The number of anilines is 1. The van der Waals surface area contributed by atoms with Crippen LogP contribution >= 0.6 is 0 Å². The molecule has 0 saturated carbocycles. The van der Waals surface area contributed by atoms with Gasteiger partial charge in [0.1, 0.15) is 5.82 Å². The van der Waals surface area contributed by atoms with Crippen LogP contribution in [0, 0.1) is 0 Å². The van der Waals surface area contributed by atoms with Crippen LogP contribution in [0.25, 0.3) is 0 Å². The lowest BCUT2D eigenvalue weighted by Crippen LogP contribution is -2.07. The molecule has 110 valence electrons. The Hall–Kier alpha value is -0.990. The lowest BCUT2D eigenvalue weighted by atomic mass is 10.0. The Morgan fingerprint density at radius 2 is 1.58 bits per heavy atom. The lowest BCUT2D eigenvalue weighted by molar-refractivity contribution is 0.709. The van der Waals surface area contributed by atoms with Crippen molar-refractivity contribution < 1.29 is 0 Å². The van der Waals surface area contributed by atoms with Gasteiger partial charge in [-0.3, -0.25) is 4.68 Å². The van der Waals surface area contributed by atoms with Gasteiger partial charge >= 0.3 is 0 Å². The van der Waals surface area contributed by atoms with Gasteiger partial charge in [0.05, 0.1) is 5.69 Å². The van der Waals surface area contributed by atoms with Gasteiger partial charge in [0.15, 0.2) is 0 Å². The van der Waals surface area contributed by atoms with Crippen LogP contribution in [-0.2, 0) is 19.9 Å². The van der Waals surface area contributed by atoms with Crippen LogP contribution in [0.5, 0.6) is 0 Å². The quantitative estimate of drug-likeness (QED) is 0.639. The first kappa shape index (κ1) is 16.1. The molecule has 0 amide bonds. The molecule has 1 aromatic heterocycles. The Morgan fingerprint density at radius 1 is 0.947 bits per heavy atom. The second-order valence-electron chi connectivity index (χ2n) is 5.38. The van der Waals surface area contributed by atoms with E-state index in [1.54, 1.807) is 0 Å². The van der Waals surface area contributed by atoms with Gasteiger partial charge < -0.3 is 5.32 Å². The van der Waals surface area contributed by atoms with E-state index in [2.05, 4.69) is 33.1 Å². The zero-order valence-electron chi connectivity index (χ0n) is 13.3. The lowest BCUT2D eigenvalue weighted by Gasteiger charge is -2.09. The molecule has 1 heterocycles. The maximum absolute atomic E-state index is 4.73. The minimum absolute atomic E-state index is 1.06. The molecule has 0 spiro atoms. The third-order valence-corrected chi connectivity index (χ3v) is 3.60. The predicted octanol–water partition coefficient (Wildman–Crippen LogP) is 4.32. The van der Waals surface area contributed by atoms with E-state index in [0.717, 1.165) is 19.4 Å². The van der Waals surface area contributed by atoms with Gasteiger partial charge in [0.2, 0.25) is 0 Å². The number of nitrogens with one attached hydrogen (secondary N) is 1. The first-order valence-electron chi connectivity index (χ1n) is 8.03. The molecule has 0 atom stereocenters. The zero-order valence-corrected chi connectivity index (χ0v) is 13.3. The largest absolute Gasteiger partial charge is 0.370 e. The van der Waals surface area contributed by atoms with Crippen LogP contribution in [-0.4, -0.2) is 16.3 Å². The third-order valence-electron chi connectivity index (χ3n) is 3.60. The minimum Gasteiger partial charge on any atom is -0.370 e. The van der Waals surface area contributed by atoms with Crippen LogP contribution in [0.4, 0.5) is 5.82 Å². The molecule has 0 fully saturated rings. The maximum Gasteiger partial charge on any atom is 0.127 e. The molecule has 3 nitrogen and oxygen atoms in total. The van der Waals surface area contributed by atoms with Crippen molar-refractivity contribution in [1.29, 1.82) is 0 Å². The summed E-state index contributed by atoms with van der Waals surface area (Å²) in [6.45, 7) is 7.79. The van der Waals surface area contributed by atoms with Gasteiger partial charge in [0.25, 0.3) is 0 Å². The summed E-state index contributed by atoms with van der Waals surface area (Å²) in [5.74, 6) is 1.26. The van der Waals surface area contributed by atoms with Crippen molar-refractivity contribution in [3.8, 4) is 0 Å². The molecule has 1 aromatic rings. The second kappa shape index (κ2) is 9.00. The van der Waals surface area contributed by atoms with Gasteiger partial charge in [0, 0.05) is 19.2 Å². The molecule has 1 N–H and O–H groups in total. The van der Waals surface area contributed by atoms with E-state index in [4.69, 9.17) is 5.10 Å². The van der Waals surface area contributed by atoms with Gasteiger partial charge in [-0.1, -0.05) is 40.0 Å². The summed E-state index contributed by atoms with van der Waals surface area (Å²) < 4.78 is 2.05. The number of unbranched alkanes of at least 4 members (excludes halogenated alkanes) is 3. The van der Waals surface area contributed by atoms with Crippen molar-refractivity contribution in [3.05, 3.63) is 11.3 Å². The molecule has 0 unspecified atom stereocenters. The van der Waals surface area contributed by atoms with Gasteiger partial charge in [-0.25, -0.2) is 0 Å². The van der Waals surface area contributed by atoms with E-state index < -0.39 is 0 Å². The summed E-state index contributed by atoms with van der Waals surface area (Å²) in [4.78, 5) is 0. The van der Waals surface area contributed by atoms with Gasteiger partial charge in [-0.05, 0) is 32.1 Å². The number of aromatic nitrogens is 2. The number of hydrogen-bond acceptors (Lipinski definition) is 2. The Bertz CT molecular complexity index is 355. The monoisotopic (exact) mass is 265 g/mol. The first-order chi connectivity index (χ1) is 9.24. The van der Waals surface area contributed by atoms with Crippen LogP contribution < -0.4 is 5.32 Å². The van der Waals surface area contributed by atoms with E-state index in [-0.39, 0.29) is 0 Å². The molecule has 19 heavy (non-hydrogen) atoms. The van der Waals surface area contributed by atoms with Crippen LogP contribution in [0.2, 0.25) is 0 Å². The van der Waals surface area contributed by atoms with Gasteiger partial charge in [-0.15, -0.1) is 0 Å². The number of nitrogens with zero attached hydrogens (tertiary/aromatic N) is 2. The molecule has 3 heteroatoms. The summed E-state index contributed by atoms with van der Waals surface area (Å²) in [6, 6.07) is 0. The van der Waals surface area contributed by atoms with Crippen molar-refractivity contribution in [2.24, 2.45) is 7.05 Å². The Balaban J connectivity index is 2.81. The third kappa shape index (κ3) is 4.88. The fourth-order valence-electron chi connectivity index (χ4n) is 2.39. The average Bonchev–Trinajstić information content (AvgIpc) is 2.70. The highest BCUT2D eigenvalue weighted by atomic mass is 15.3. The molecule has 0 radical (unpaired) electrons. The topological polar surface area (TPSA) is 29.9 Å². The summed E-state index contributed by atoms with van der Waals surface area (Å²) in [5, 5.41) is 8.32. The van der Waals surface area contributed by atoms with Crippen LogP contribution in [0.1, 0.15) is 70.6 Å².